The molecule has 0 spiro atoms. The minimum absolute atomic E-state index is 0.129. The van der Waals surface area contributed by atoms with Gasteiger partial charge in [-0.25, -0.2) is 0 Å². The molecule has 2 heteroatoms. The van der Waals surface area contributed by atoms with Gasteiger partial charge in [-0.2, -0.15) is 0 Å². The smallest absolute Gasteiger partial charge is 0.0273 e. The van der Waals surface area contributed by atoms with Gasteiger partial charge >= 0.3 is 0 Å². The summed E-state index contributed by atoms with van der Waals surface area (Å²) in [5.74, 6) is 0. The Hall–Kier alpha value is -3.46. The highest BCUT2D eigenvalue weighted by Crippen LogP contribution is 2.65. The second-order valence-electron chi connectivity index (χ2n) is 18.6. The van der Waals surface area contributed by atoms with Gasteiger partial charge in [-0.15, -0.1) is 23.5 Å². The summed E-state index contributed by atoms with van der Waals surface area (Å²) >= 11 is 4.29. The van der Waals surface area contributed by atoms with Gasteiger partial charge in [0.15, 0.2) is 0 Å². The topological polar surface area (TPSA) is 0 Å². The fraction of sp³-hybridized carbons (Fsp3) is 0.373. The van der Waals surface area contributed by atoms with E-state index in [2.05, 4.69) is 162 Å². The predicted octanol–water partition coefficient (Wildman–Crippen LogP) is 15.0. The third-order valence-corrected chi connectivity index (χ3v) is 19.0. The second-order valence-corrected chi connectivity index (χ2v) is 21.7. The van der Waals surface area contributed by atoms with E-state index >= 15 is 0 Å². The van der Waals surface area contributed by atoms with Crippen LogP contribution < -0.4 is 0 Å². The van der Waals surface area contributed by atoms with Crippen LogP contribution in [0.4, 0.5) is 0 Å². The molecule has 6 aromatic rings. The quantitative estimate of drug-likeness (QED) is 0.163. The molecule has 6 aromatic carbocycles. The number of fused-ring (bicyclic) bond motifs is 14. The molecule has 0 nitrogen and oxygen atoms in total. The maximum atomic E-state index is 2.56. The third kappa shape index (κ3) is 4.24. The van der Waals surface area contributed by atoms with Crippen molar-refractivity contribution in [2.45, 2.75) is 128 Å². The lowest BCUT2D eigenvalue weighted by atomic mass is 9.64. The van der Waals surface area contributed by atoms with Crippen LogP contribution >= 0.6 is 23.5 Å². The van der Waals surface area contributed by atoms with Crippen LogP contribution in [0.1, 0.15) is 115 Å². The van der Waals surface area contributed by atoms with Crippen LogP contribution in [0.5, 0.6) is 0 Å². The van der Waals surface area contributed by atoms with Crippen LogP contribution in [0.2, 0.25) is 0 Å². The van der Waals surface area contributed by atoms with E-state index in [1.165, 1.54) is 127 Å². The van der Waals surface area contributed by atoms with E-state index in [4.69, 9.17) is 0 Å². The lowest BCUT2D eigenvalue weighted by Crippen LogP contribution is -2.43. The number of hydrogen-bond acceptors (Lipinski definition) is 2. The van der Waals surface area contributed by atoms with Crippen molar-refractivity contribution in [3.63, 3.8) is 0 Å². The van der Waals surface area contributed by atoms with Crippen molar-refractivity contribution in [3.05, 3.63) is 119 Å². The number of thioether (sulfide) groups is 2. The molecule has 2 fully saturated rings. The average Bonchev–Trinajstić information content (AvgIpc) is 3.66. The first-order chi connectivity index (χ1) is 25.4. The second kappa shape index (κ2) is 10.9. The SMILES string of the molecule is CC1(C)c2cc(-c3ccc4c(c3)C3(C)CCCCC3(C)S4)ccc2-c2c1c1ccc(-c3ccc4c(c3)C3(C)CCCCC3(C)S4)cc1c1ccccc21. The van der Waals surface area contributed by atoms with Gasteiger partial charge in [-0.1, -0.05) is 114 Å². The van der Waals surface area contributed by atoms with Crippen LogP contribution in [0.3, 0.4) is 0 Å². The van der Waals surface area contributed by atoms with E-state index in [0.717, 1.165) is 0 Å². The van der Waals surface area contributed by atoms with Crippen molar-refractivity contribution >= 4 is 45.1 Å². The van der Waals surface area contributed by atoms with Crippen LogP contribution in [0.25, 0.3) is 54.9 Å². The summed E-state index contributed by atoms with van der Waals surface area (Å²) in [4.78, 5) is 3.01. The number of hydrogen-bond donors (Lipinski definition) is 0. The lowest BCUT2D eigenvalue weighted by Gasteiger charge is -2.45. The van der Waals surface area contributed by atoms with E-state index in [1.807, 2.05) is 0 Å². The van der Waals surface area contributed by atoms with Crippen molar-refractivity contribution < 1.29 is 0 Å². The van der Waals surface area contributed by atoms with Crippen molar-refractivity contribution in [1.29, 1.82) is 0 Å². The van der Waals surface area contributed by atoms with Crippen molar-refractivity contribution in [2.24, 2.45) is 0 Å². The summed E-state index contributed by atoms with van der Waals surface area (Å²) in [6, 6.07) is 38.7. The van der Waals surface area contributed by atoms with Crippen LogP contribution in [-0.4, -0.2) is 9.49 Å². The molecule has 4 atom stereocenters. The van der Waals surface area contributed by atoms with Gasteiger partial charge in [-0.05, 0) is 153 Å². The van der Waals surface area contributed by atoms with E-state index in [1.54, 1.807) is 11.1 Å². The Morgan fingerprint density at radius 1 is 0.434 bits per heavy atom. The molecular formula is C51H50S2. The minimum Gasteiger partial charge on any atom is -0.118 e. The molecular weight excluding hydrogens is 677 g/mol. The summed E-state index contributed by atoms with van der Waals surface area (Å²) in [5, 5.41) is 5.51. The molecule has 0 aromatic heterocycles. The Morgan fingerprint density at radius 3 is 1.53 bits per heavy atom. The molecule has 11 rings (SSSR count). The number of benzene rings is 6. The standard InChI is InChI=1S/C51H50S2/c1-47(2)40-28-32(34-18-22-44-42(30-34)49(4)24-10-12-26-51(49,6)53-44)16-20-38(40)45-36-14-8-7-13-35(36)39-27-31(15-19-37(39)46(45)47)33-17-21-43-41(29-33)48(3)23-9-11-25-50(48,5)52-43/h7-8,13-22,27-30H,9-12,23-26H2,1-6H3. The normalized spacial score (nSPS) is 29.0. The van der Waals surface area contributed by atoms with E-state index in [0.29, 0.717) is 9.49 Å². The van der Waals surface area contributed by atoms with Gasteiger partial charge in [0.2, 0.25) is 0 Å². The molecule has 0 bridgehead atoms. The monoisotopic (exact) mass is 726 g/mol. The molecule has 4 unspecified atom stereocenters. The highest BCUT2D eigenvalue weighted by molar-refractivity contribution is 8.01. The first kappa shape index (κ1) is 32.9. The maximum absolute atomic E-state index is 2.56. The van der Waals surface area contributed by atoms with Crippen molar-refractivity contribution in [3.8, 4) is 33.4 Å². The Balaban J connectivity index is 1.04. The molecule has 266 valence electrons. The maximum Gasteiger partial charge on any atom is 0.0273 e. The zero-order valence-corrected chi connectivity index (χ0v) is 33.8. The largest absolute Gasteiger partial charge is 0.118 e. The summed E-state index contributed by atoms with van der Waals surface area (Å²) in [7, 11) is 0. The first-order valence-corrected chi connectivity index (χ1v) is 21.9. The van der Waals surface area contributed by atoms with E-state index in [9.17, 15) is 0 Å². The van der Waals surface area contributed by atoms with E-state index in [-0.39, 0.29) is 16.2 Å². The van der Waals surface area contributed by atoms with Gasteiger partial charge in [0.1, 0.15) is 0 Å². The van der Waals surface area contributed by atoms with Gasteiger partial charge in [0.25, 0.3) is 0 Å². The van der Waals surface area contributed by atoms with E-state index < -0.39 is 0 Å². The zero-order valence-electron chi connectivity index (χ0n) is 32.2. The zero-order chi connectivity index (χ0) is 36.1. The summed E-state index contributed by atoms with van der Waals surface area (Å²) in [5.41, 5.74) is 14.7. The van der Waals surface area contributed by atoms with Crippen molar-refractivity contribution in [2.75, 3.05) is 0 Å². The Morgan fingerprint density at radius 2 is 0.925 bits per heavy atom. The predicted molar refractivity (Wildman–Crippen MR) is 230 cm³/mol. The first-order valence-electron chi connectivity index (χ1n) is 20.3. The van der Waals surface area contributed by atoms with Gasteiger partial charge in [0.05, 0.1) is 0 Å². The molecule has 3 aliphatic carbocycles. The molecule has 2 saturated carbocycles. The average molecular weight is 727 g/mol. The molecule has 5 aliphatic rings. The lowest BCUT2D eigenvalue weighted by molar-refractivity contribution is 0.260. The van der Waals surface area contributed by atoms with Gasteiger partial charge in [0, 0.05) is 35.5 Å². The summed E-state index contributed by atoms with van der Waals surface area (Å²) in [6.07, 6.45) is 10.6. The van der Waals surface area contributed by atoms with Crippen LogP contribution in [-0.2, 0) is 16.2 Å². The highest BCUT2D eigenvalue weighted by Gasteiger charge is 2.55. The Labute approximate surface area is 324 Å². The third-order valence-electron chi connectivity index (χ3n) is 15.6. The molecule has 2 heterocycles. The minimum atomic E-state index is -0.129. The van der Waals surface area contributed by atoms with Crippen LogP contribution in [0, 0.1) is 0 Å². The summed E-state index contributed by atoms with van der Waals surface area (Å²) < 4.78 is 0.617. The molecule has 0 radical (unpaired) electrons. The van der Waals surface area contributed by atoms with Gasteiger partial charge in [-0.3, -0.25) is 0 Å². The summed E-state index contributed by atoms with van der Waals surface area (Å²) in [6.45, 7) is 15.1. The molecule has 2 aliphatic heterocycles. The Bertz CT molecular complexity index is 2570. The molecule has 0 saturated heterocycles. The molecule has 0 N–H and O–H groups in total. The molecule has 0 amide bonds. The van der Waals surface area contributed by atoms with Gasteiger partial charge < -0.3 is 0 Å². The molecule has 53 heavy (non-hydrogen) atoms. The fourth-order valence-electron chi connectivity index (χ4n) is 12.0. The number of rotatable bonds is 2. The van der Waals surface area contributed by atoms with Crippen molar-refractivity contribution in [1.82, 2.24) is 0 Å². The Kier molecular flexibility index (Phi) is 6.74. The fourth-order valence-corrected chi connectivity index (χ4v) is 15.4. The highest BCUT2D eigenvalue weighted by atomic mass is 32.2. The van der Waals surface area contributed by atoms with Crippen LogP contribution in [0.15, 0.2) is 107 Å².